The molecular weight excluding hydrogens is 306 g/mol. The third-order valence-electron chi connectivity index (χ3n) is 3.37. The van der Waals surface area contributed by atoms with Crippen molar-refractivity contribution in [2.24, 2.45) is 0 Å². The van der Waals surface area contributed by atoms with Crippen LogP contribution in [0.2, 0.25) is 0 Å². The van der Waals surface area contributed by atoms with Crippen LogP contribution in [0.5, 0.6) is 0 Å². The maximum Gasteiger partial charge on any atom is 0.306 e. The number of amides is 1. The highest BCUT2D eigenvalue weighted by Crippen LogP contribution is 2.09. The molecule has 1 aromatic carbocycles. The molecular formula is C18H21N3O3. The lowest BCUT2D eigenvalue weighted by Gasteiger charge is -2.12. The quantitative estimate of drug-likeness (QED) is 0.595. The summed E-state index contributed by atoms with van der Waals surface area (Å²) in [6.07, 6.45) is 5.05. The first-order valence-corrected chi connectivity index (χ1v) is 7.77. The van der Waals surface area contributed by atoms with Gasteiger partial charge in [-0.15, -0.1) is 6.58 Å². The summed E-state index contributed by atoms with van der Waals surface area (Å²) in [6, 6.07) is 9.72. The highest BCUT2D eigenvalue weighted by molar-refractivity contribution is 5.83. The second-order valence-electron chi connectivity index (χ2n) is 5.29. The standard InChI is InChI=1S/C18H21N3O3/c1-3-11-19-18(23)14(2)24-17(22)10-9-15-12-20-21(13-15)16-7-5-4-6-8-16/h3-8,12-14H,1,9-11H2,2H3,(H,19,23). The zero-order chi connectivity index (χ0) is 17.4. The molecule has 1 atom stereocenters. The van der Waals surface area contributed by atoms with Gasteiger partial charge in [0.1, 0.15) is 0 Å². The van der Waals surface area contributed by atoms with Crippen LogP contribution in [0.4, 0.5) is 0 Å². The van der Waals surface area contributed by atoms with Crippen molar-refractivity contribution in [3.05, 3.63) is 60.9 Å². The first-order chi connectivity index (χ1) is 11.6. The van der Waals surface area contributed by atoms with Crippen LogP contribution in [0.1, 0.15) is 18.9 Å². The Morgan fingerprint density at radius 1 is 1.38 bits per heavy atom. The van der Waals surface area contributed by atoms with Gasteiger partial charge in [0.25, 0.3) is 5.91 Å². The van der Waals surface area contributed by atoms with Crippen molar-refractivity contribution in [2.45, 2.75) is 25.9 Å². The Morgan fingerprint density at radius 2 is 2.12 bits per heavy atom. The van der Waals surface area contributed by atoms with Crippen LogP contribution < -0.4 is 5.32 Å². The average Bonchev–Trinajstić information content (AvgIpc) is 3.07. The van der Waals surface area contributed by atoms with Gasteiger partial charge >= 0.3 is 5.97 Å². The number of hydrogen-bond acceptors (Lipinski definition) is 4. The number of nitrogens with zero attached hydrogens (tertiary/aromatic N) is 2. The molecule has 2 rings (SSSR count). The molecule has 0 radical (unpaired) electrons. The van der Waals surface area contributed by atoms with Crippen LogP contribution >= 0.6 is 0 Å². The van der Waals surface area contributed by atoms with Crippen molar-refractivity contribution < 1.29 is 14.3 Å². The Balaban J connectivity index is 1.81. The first-order valence-electron chi connectivity index (χ1n) is 7.77. The number of carbonyl (C=O) groups excluding carboxylic acids is 2. The number of aryl methyl sites for hydroxylation is 1. The first kappa shape index (κ1) is 17.5. The fraction of sp³-hybridized carbons (Fsp3) is 0.278. The highest BCUT2D eigenvalue weighted by Gasteiger charge is 2.17. The number of aromatic nitrogens is 2. The number of hydrogen-bond donors (Lipinski definition) is 1. The van der Waals surface area contributed by atoms with Gasteiger partial charge in [0, 0.05) is 19.2 Å². The van der Waals surface area contributed by atoms with Crippen LogP contribution in [0.3, 0.4) is 0 Å². The molecule has 1 unspecified atom stereocenters. The van der Waals surface area contributed by atoms with E-state index >= 15 is 0 Å². The molecule has 126 valence electrons. The summed E-state index contributed by atoms with van der Waals surface area (Å²) in [7, 11) is 0. The Bertz CT molecular complexity index is 695. The lowest BCUT2D eigenvalue weighted by molar-refractivity contribution is -0.154. The number of rotatable bonds is 8. The fourth-order valence-corrected chi connectivity index (χ4v) is 2.08. The van der Waals surface area contributed by atoms with Crippen molar-refractivity contribution >= 4 is 11.9 Å². The molecule has 0 fully saturated rings. The van der Waals surface area contributed by atoms with Gasteiger partial charge in [-0.3, -0.25) is 9.59 Å². The zero-order valence-corrected chi connectivity index (χ0v) is 13.6. The number of carbonyl (C=O) groups is 2. The molecule has 0 aliphatic rings. The molecule has 6 nitrogen and oxygen atoms in total. The average molecular weight is 327 g/mol. The molecule has 6 heteroatoms. The number of nitrogens with one attached hydrogen (secondary N) is 1. The van der Waals surface area contributed by atoms with Gasteiger partial charge in [-0.2, -0.15) is 5.10 Å². The lowest BCUT2D eigenvalue weighted by Crippen LogP contribution is -2.35. The van der Waals surface area contributed by atoms with Gasteiger partial charge in [0.05, 0.1) is 11.9 Å². The van der Waals surface area contributed by atoms with Crippen molar-refractivity contribution in [2.75, 3.05) is 6.54 Å². The van der Waals surface area contributed by atoms with E-state index < -0.39 is 12.1 Å². The maximum absolute atomic E-state index is 11.8. The zero-order valence-electron chi connectivity index (χ0n) is 13.6. The van der Waals surface area contributed by atoms with Crippen molar-refractivity contribution in [3.8, 4) is 5.69 Å². The van der Waals surface area contributed by atoms with E-state index in [1.165, 1.54) is 0 Å². The minimum Gasteiger partial charge on any atom is -0.453 e. The molecule has 1 N–H and O–H groups in total. The maximum atomic E-state index is 11.8. The predicted octanol–water partition coefficient (Wildman–Crippen LogP) is 2.04. The summed E-state index contributed by atoms with van der Waals surface area (Å²) in [4.78, 5) is 23.5. The number of esters is 1. The van der Waals surface area contributed by atoms with E-state index in [2.05, 4.69) is 17.0 Å². The van der Waals surface area contributed by atoms with Crippen LogP contribution in [0.15, 0.2) is 55.4 Å². The molecule has 0 saturated heterocycles. The van der Waals surface area contributed by atoms with Crippen molar-refractivity contribution in [1.82, 2.24) is 15.1 Å². The number of para-hydroxylation sites is 1. The minimum absolute atomic E-state index is 0.194. The van der Waals surface area contributed by atoms with E-state index in [0.717, 1.165) is 11.3 Å². The second-order valence-corrected chi connectivity index (χ2v) is 5.29. The molecule has 0 aliphatic carbocycles. The largest absolute Gasteiger partial charge is 0.453 e. The molecule has 1 heterocycles. The molecule has 1 amide bonds. The Kier molecular flexibility index (Phi) is 6.31. The van der Waals surface area contributed by atoms with E-state index in [-0.39, 0.29) is 12.3 Å². The van der Waals surface area contributed by atoms with E-state index in [9.17, 15) is 9.59 Å². The Hall–Kier alpha value is -2.89. The van der Waals surface area contributed by atoms with E-state index in [4.69, 9.17) is 4.74 Å². The Labute approximate surface area is 141 Å². The van der Waals surface area contributed by atoms with Gasteiger partial charge in [0.2, 0.25) is 0 Å². The summed E-state index contributed by atoms with van der Waals surface area (Å²) >= 11 is 0. The molecule has 2 aromatic rings. The minimum atomic E-state index is -0.815. The number of benzene rings is 1. The normalized spacial score (nSPS) is 11.5. The highest BCUT2D eigenvalue weighted by atomic mass is 16.5. The molecule has 0 bridgehead atoms. The summed E-state index contributed by atoms with van der Waals surface area (Å²) in [5, 5.41) is 6.86. The van der Waals surface area contributed by atoms with E-state index in [1.54, 1.807) is 23.9 Å². The monoisotopic (exact) mass is 327 g/mol. The smallest absolute Gasteiger partial charge is 0.306 e. The summed E-state index contributed by atoms with van der Waals surface area (Å²) in [5.41, 5.74) is 1.89. The Morgan fingerprint density at radius 3 is 2.83 bits per heavy atom. The van der Waals surface area contributed by atoms with Crippen LogP contribution in [0.25, 0.3) is 5.69 Å². The summed E-state index contributed by atoms with van der Waals surface area (Å²) in [6.45, 7) is 5.40. The third-order valence-corrected chi connectivity index (χ3v) is 3.37. The molecule has 24 heavy (non-hydrogen) atoms. The van der Waals surface area contributed by atoms with Crippen LogP contribution in [0, 0.1) is 0 Å². The second kappa shape index (κ2) is 8.67. The predicted molar refractivity (Wildman–Crippen MR) is 90.6 cm³/mol. The molecule has 0 spiro atoms. The molecule has 0 saturated carbocycles. The summed E-state index contributed by atoms with van der Waals surface area (Å²) in [5.74, 6) is -0.746. The van der Waals surface area contributed by atoms with Gasteiger partial charge in [0.15, 0.2) is 6.10 Å². The third kappa shape index (κ3) is 5.08. The van der Waals surface area contributed by atoms with Gasteiger partial charge < -0.3 is 10.1 Å². The molecule has 0 aliphatic heterocycles. The van der Waals surface area contributed by atoms with E-state index in [1.807, 2.05) is 36.5 Å². The number of ether oxygens (including phenoxy) is 1. The molecule has 1 aromatic heterocycles. The van der Waals surface area contributed by atoms with Crippen molar-refractivity contribution in [3.63, 3.8) is 0 Å². The van der Waals surface area contributed by atoms with Crippen LogP contribution in [-0.2, 0) is 20.7 Å². The van der Waals surface area contributed by atoms with E-state index in [0.29, 0.717) is 13.0 Å². The SMILES string of the molecule is C=CCNC(=O)C(C)OC(=O)CCc1cnn(-c2ccccc2)c1. The lowest BCUT2D eigenvalue weighted by atomic mass is 10.2. The topological polar surface area (TPSA) is 73.2 Å². The van der Waals surface area contributed by atoms with Crippen LogP contribution in [-0.4, -0.2) is 34.3 Å². The van der Waals surface area contributed by atoms with Gasteiger partial charge in [-0.1, -0.05) is 24.3 Å². The van der Waals surface area contributed by atoms with Gasteiger partial charge in [-0.25, -0.2) is 4.68 Å². The van der Waals surface area contributed by atoms with Crippen molar-refractivity contribution in [1.29, 1.82) is 0 Å². The van der Waals surface area contributed by atoms with Gasteiger partial charge in [-0.05, 0) is 31.0 Å². The fourth-order valence-electron chi connectivity index (χ4n) is 2.08. The summed E-state index contributed by atoms with van der Waals surface area (Å²) < 4.78 is 6.87.